The van der Waals surface area contributed by atoms with Gasteiger partial charge in [0, 0.05) is 25.2 Å². The second-order valence-electron chi connectivity index (χ2n) is 5.23. The van der Waals surface area contributed by atoms with Gasteiger partial charge in [0.15, 0.2) is 0 Å². The van der Waals surface area contributed by atoms with Crippen LogP contribution in [0.25, 0.3) is 0 Å². The molecular weight excluding hydrogens is 248 g/mol. The fourth-order valence-electron chi connectivity index (χ4n) is 2.31. The third-order valence-corrected chi connectivity index (χ3v) is 3.63. The lowest BCUT2D eigenvalue weighted by molar-refractivity contribution is 0.338. The van der Waals surface area contributed by atoms with E-state index in [1.807, 2.05) is 42.5 Å². The first-order valence-corrected chi connectivity index (χ1v) is 7.11. The van der Waals surface area contributed by atoms with Gasteiger partial charge in [0.2, 0.25) is 0 Å². The van der Waals surface area contributed by atoms with Crippen molar-refractivity contribution in [1.82, 2.24) is 10.6 Å². The van der Waals surface area contributed by atoms with Gasteiger partial charge in [0.05, 0.1) is 0 Å². The fourth-order valence-corrected chi connectivity index (χ4v) is 2.31. The molecule has 3 heteroatoms. The van der Waals surface area contributed by atoms with Gasteiger partial charge in [-0.25, -0.2) is 0 Å². The van der Waals surface area contributed by atoms with Crippen LogP contribution >= 0.6 is 0 Å². The molecule has 1 saturated heterocycles. The first-order valence-electron chi connectivity index (χ1n) is 7.11. The Bertz CT molecular complexity index is 535. The molecule has 1 aliphatic rings. The van der Waals surface area contributed by atoms with Gasteiger partial charge < -0.3 is 15.4 Å². The lowest BCUT2D eigenvalue weighted by atomic mass is 10.1. The van der Waals surface area contributed by atoms with Crippen molar-refractivity contribution >= 4 is 0 Å². The van der Waals surface area contributed by atoms with Gasteiger partial charge in [-0.3, -0.25) is 0 Å². The SMILES string of the molecule is CC(NC1CNC1)c1ccc(Oc2ccccc2)cc1. The molecule has 0 bridgehead atoms. The standard InChI is InChI=1S/C17H20N2O/c1-13(19-15-11-18-12-15)14-7-9-17(10-8-14)20-16-5-3-2-4-6-16/h2-10,13,15,18-19H,11-12H2,1H3. The highest BCUT2D eigenvalue weighted by Gasteiger charge is 2.18. The molecular formula is C17H20N2O. The van der Waals surface area contributed by atoms with E-state index in [2.05, 4.69) is 29.7 Å². The Morgan fingerprint density at radius 1 is 1.00 bits per heavy atom. The second kappa shape index (κ2) is 6.07. The summed E-state index contributed by atoms with van der Waals surface area (Å²) in [5, 5.41) is 6.87. The molecule has 3 nitrogen and oxygen atoms in total. The molecule has 0 aliphatic carbocycles. The Morgan fingerprint density at radius 2 is 1.65 bits per heavy atom. The maximum absolute atomic E-state index is 5.80. The molecule has 1 aliphatic heterocycles. The van der Waals surface area contributed by atoms with Gasteiger partial charge in [-0.15, -0.1) is 0 Å². The number of para-hydroxylation sites is 1. The van der Waals surface area contributed by atoms with E-state index in [1.54, 1.807) is 0 Å². The average Bonchev–Trinajstić information content (AvgIpc) is 2.44. The van der Waals surface area contributed by atoms with Crippen molar-refractivity contribution in [3.05, 3.63) is 60.2 Å². The minimum atomic E-state index is 0.368. The van der Waals surface area contributed by atoms with Crippen LogP contribution < -0.4 is 15.4 Å². The van der Waals surface area contributed by atoms with E-state index >= 15 is 0 Å². The third-order valence-electron chi connectivity index (χ3n) is 3.63. The number of rotatable bonds is 5. The largest absolute Gasteiger partial charge is 0.457 e. The number of ether oxygens (including phenoxy) is 1. The summed E-state index contributed by atoms with van der Waals surface area (Å²) >= 11 is 0. The summed E-state index contributed by atoms with van der Waals surface area (Å²) in [4.78, 5) is 0. The van der Waals surface area contributed by atoms with Crippen molar-refractivity contribution in [2.45, 2.75) is 19.0 Å². The van der Waals surface area contributed by atoms with Crippen LogP contribution in [-0.4, -0.2) is 19.1 Å². The topological polar surface area (TPSA) is 33.3 Å². The number of hydrogen-bond acceptors (Lipinski definition) is 3. The molecule has 1 fully saturated rings. The van der Waals surface area contributed by atoms with Crippen LogP contribution in [0.4, 0.5) is 0 Å². The van der Waals surface area contributed by atoms with E-state index in [0.29, 0.717) is 12.1 Å². The smallest absolute Gasteiger partial charge is 0.127 e. The second-order valence-corrected chi connectivity index (χ2v) is 5.23. The maximum Gasteiger partial charge on any atom is 0.127 e. The molecule has 0 radical (unpaired) electrons. The molecule has 104 valence electrons. The highest BCUT2D eigenvalue weighted by molar-refractivity contribution is 5.33. The van der Waals surface area contributed by atoms with E-state index in [9.17, 15) is 0 Å². The molecule has 2 aromatic rings. The quantitative estimate of drug-likeness (QED) is 0.874. The van der Waals surface area contributed by atoms with Gasteiger partial charge >= 0.3 is 0 Å². The molecule has 2 aromatic carbocycles. The molecule has 2 N–H and O–H groups in total. The van der Waals surface area contributed by atoms with Crippen LogP contribution in [0.3, 0.4) is 0 Å². The van der Waals surface area contributed by atoms with Gasteiger partial charge in [-0.05, 0) is 36.8 Å². The van der Waals surface area contributed by atoms with Crippen molar-refractivity contribution in [2.75, 3.05) is 13.1 Å². The predicted molar refractivity (Wildman–Crippen MR) is 81.2 cm³/mol. The first kappa shape index (κ1) is 13.2. The van der Waals surface area contributed by atoms with Crippen molar-refractivity contribution in [2.24, 2.45) is 0 Å². The van der Waals surface area contributed by atoms with E-state index in [4.69, 9.17) is 4.74 Å². The third kappa shape index (κ3) is 3.18. The molecule has 3 rings (SSSR count). The molecule has 0 saturated carbocycles. The summed E-state index contributed by atoms with van der Waals surface area (Å²) in [5.41, 5.74) is 1.29. The van der Waals surface area contributed by atoms with Crippen molar-refractivity contribution in [3.63, 3.8) is 0 Å². The molecule has 1 heterocycles. The minimum Gasteiger partial charge on any atom is -0.457 e. The van der Waals surface area contributed by atoms with E-state index in [1.165, 1.54) is 5.56 Å². The Labute approximate surface area is 120 Å². The summed E-state index contributed by atoms with van der Waals surface area (Å²) in [5.74, 6) is 1.74. The van der Waals surface area contributed by atoms with Crippen molar-refractivity contribution < 1.29 is 4.74 Å². The van der Waals surface area contributed by atoms with Crippen LogP contribution in [0.2, 0.25) is 0 Å². The van der Waals surface area contributed by atoms with Gasteiger partial charge in [-0.2, -0.15) is 0 Å². The van der Waals surface area contributed by atoms with Crippen LogP contribution in [0, 0.1) is 0 Å². The highest BCUT2D eigenvalue weighted by Crippen LogP contribution is 2.23. The predicted octanol–water partition coefficient (Wildman–Crippen LogP) is 3.10. The Balaban J connectivity index is 1.61. The Morgan fingerprint density at radius 3 is 2.25 bits per heavy atom. The lowest BCUT2D eigenvalue weighted by Crippen LogP contribution is -2.55. The lowest BCUT2D eigenvalue weighted by Gasteiger charge is -2.31. The van der Waals surface area contributed by atoms with E-state index < -0.39 is 0 Å². The molecule has 0 spiro atoms. The zero-order chi connectivity index (χ0) is 13.8. The fraction of sp³-hybridized carbons (Fsp3) is 0.294. The van der Waals surface area contributed by atoms with Crippen molar-refractivity contribution in [1.29, 1.82) is 0 Å². The number of benzene rings is 2. The summed E-state index contributed by atoms with van der Waals surface area (Å²) in [6.45, 7) is 4.34. The van der Waals surface area contributed by atoms with Crippen LogP contribution in [0.15, 0.2) is 54.6 Å². The van der Waals surface area contributed by atoms with Crippen LogP contribution in [0.1, 0.15) is 18.5 Å². The molecule has 1 unspecified atom stereocenters. The Hall–Kier alpha value is -1.84. The zero-order valence-electron chi connectivity index (χ0n) is 11.7. The maximum atomic E-state index is 5.80. The molecule has 20 heavy (non-hydrogen) atoms. The first-order chi connectivity index (χ1) is 9.81. The Kier molecular flexibility index (Phi) is 4.00. The van der Waals surface area contributed by atoms with Gasteiger partial charge in [0.25, 0.3) is 0 Å². The van der Waals surface area contributed by atoms with E-state index in [0.717, 1.165) is 24.6 Å². The molecule has 1 atom stereocenters. The summed E-state index contributed by atoms with van der Waals surface area (Å²) in [6.07, 6.45) is 0. The summed E-state index contributed by atoms with van der Waals surface area (Å²) in [6, 6.07) is 19.1. The van der Waals surface area contributed by atoms with Crippen molar-refractivity contribution in [3.8, 4) is 11.5 Å². The number of hydrogen-bond donors (Lipinski definition) is 2. The van der Waals surface area contributed by atoms with Gasteiger partial charge in [-0.1, -0.05) is 30.3 Å². The number of nitrogens with one attached hydrogen (secondary N) is 2. The zero-order valence-corrected chi connectivity index (χ0v) is 11.7. The van der Waals surface area contributed by atoms with Crippen LogP contribution in [0.5, 0.6) is 11.5 Å². The minimum absolute atomic E-state index is 0.368. The van der Waals surface area contributed by atoms with Gasteiger partial charge in [0.1, 0.15) is 11.5 Å². The van der Waals surface area contributed by atoms with E-state index in [-0.39, 0.29) is 0 Å². The summed E-state index contributed by atoms with van der Waals surface area (Å²) in [7, 11) is 0. The summed E-state index contributed by atoms with van der Waals surface area (Å²) < 4.78 is 5.80. The van der Waals surface area contributed by atoms with Crippen LogP contribution in [-0.2, 0) is 0 Å². The average molecular weight is 268 g/mol. The highest BCUT2D eigenvalue weighted by atomic mass is 16.5. The molecule has 0 amide bonds. The monoisotopic (exact) mass is 268 g/mol. The normalized spacial score (nSPS) is 16.4. The molecule has 0 aromatic heterocycles.